The van der Waals surface area contributed by atoms with E-state index < -0.39 is 0 Å². The Morgan fingerprint density at radius 2 is 0.547 bits per heavy atom. The van der Waals surface area contributed by atoms with Gasteiger partial charge in [0.1, 0.15) is 12.7 Å². The van der Waals surface area contributed by atoms with Gasteiger partial charge in [0.25, 0.3) is 0 Å². The summed E-state index contributed by atoms with van der Waals surface area (Å²) in [4.78, 5) is 18.2. The first-order valence-corrected chi connectivity index (χ1v) is 22.1. The average molecular weight is 1010 g/mol. The van der Waals surface area contributed by atoms with E-state index in [9.17, 15) is 0 Å². The molecule has 0 amide bonds. The smallest absolute Gasteiger partial charge is 0.236 e. The van der Waals surface area contributed by atoms with Gasteiger partial charge in [0.15, 0.2) is 0 Å². The van der Waals surface area contributed by atoms with Gasteiger partial charge >= 0.3 is 20.1 Å². The van der Waals surface area contributed by atoms with Gasteiger partial charge in [0.05, 0.1) is 22.8 Å². The Kier molecular flexibility index (Phi) is 14.6. The number of nitrogens with zero attached hydrogens (tertiary/aromatic N) is 4. The van der Waals surface area contributed by atoms with Crippen LogP contribution in [0, 0.1) is 10.8 Å². The Bertz CT molecular complexity index is 2720. The minimum atomic E-state index is 0. The summed E-state index contributed by atoms with van der Waals surface area (Å²) in [5, 5.41) is 9.70. The van der Waals surface area contributed by atoms with Gasteiger partial charge < -0.3 is 0 Å². The molecule has 318 valence electrons. The van der Waals surface area contributed by atoms with Crippen molar-refractivity contribution in [2.75, 3.05) is 0 Å². The van der Waals surface area contributed by atoms with E-state index in [0.29, 0.717) is 10.8 Å². The standard InChI is InChI=1S/2C24H16N2.C11H24.Ir/c2*1-3-11-19-17(7-1)9-5-13-21(19)23-15-24(26-16-25-23)22-14-6-10-18-8-2-4-12-20(18)22;1-10(2,3)8-7-9-11(4,5)6;/h2*1-16H;7-9H2,1-6H3;/q;;;+3. The second kappa shape index (κ2) is 20.4. The first kappa shape index (κ1) is 45.6. The number of benzene rings is 8. The Morgan fingerprint density at radius 1 is 0.312 bits per heavy atom. The van der Waals surface area contributed by atoms with E-state index in [-0.39, 0.29) is 20.1 Å². The monoisotopic (exact) mass is 1010 g/mol. The molecule has 10 rings (SSSR count). The van der Waals surface area contributed by atoms with Crippen LogP contribution in [0.4, 0.5) is 0 Å². The molecule has 0 aliphatic heterocycles. The van der Waals surface area contributed by atoms with E-state index in [1.807, 2.05) is 0 Å². The van der Waals surface area contributed by atoms with Crippen molar-refractivity contribution in [3.8, 4) is 45.0 Å². The molecule has 0 radical (unpaired) electrons. The molecule has 64 heavy (non-hydrogen) atoms. The van der Waals surface area contributed by atoms with Gasteiger partial charge in [-0.2, -0.15) is 0 Å². The van der Waals surface area contributed by atoms with E-state index in [1.165, 1.54) is 62.4 Å². The van der Waals surface area contributed by atoms with Gasteiger partial charge in [-0.3, -0.25) is 0 Å². The van der Waals surface area contributed by atoms with Crippen molar-refractivity contribution < 1.29 is 20.1 Å². The van der Waals surface area contributed by atoms with Gasteiger partial charge in [-0.25, -0.2) is 19.9 Å². The minimum Gasteiger partial charge on any atom is -0.236 e. The van der Waals surface area contributed by atoms with Crippen LogP contribution < -0.4 is 0 Å². The first-order valence-electron chi connectivity index (χ1n) is 22.1. The van der Waals surface area contributed by atoms with Gasteiger partial charge in [0, 0.05) is 22.3 Å². The third-order valence-electron chi connectivity index (χ3n) is 11.5. The summed E-state index contributed by atoms with van der Waals surface area (Å²) >= 11 is 0. The quantitative estimate of drug-likeness (QED) is 0.167. The van der Waals surface area contributed by atoms with E-state index in [1.54, 1.807) is 12.7 Å². The topological polar surface area (TPSA) is 51.6 Å². The van der Waals surface area contributed by atoms with Crippen LogP contribution in [0.2, 0.25) is 0 Å². The average Bonchev–Trinajstić information content (AvgIpc) is 3.30. The number of fused-ring (bicyclic) bond motifs is 4. The molecule has 8 aromatic carbocycles. The molecule has 2 heterocycles. The van der Waals surface area contributed by atoms with E-state index in [2.05, 4.69) is 243 Å². The van der Waals surface area contributed by atoms with Crippen LogP contribution in [0.3, 0.4) is 0 Å². The predicted molar refractivity (Wildman–Crippen MR) is 269 cm³/mol. The summed E-state index contributed by atoms with van der Waals surface area (Å²) in [7, 11) is 0. The maximum atomic E-state index is 4.55. The van der Waals surface area contributed by atoms with Crippen molar-refractivity contribution in [3.05, 3.63) is 195 Å². The molecule has 0 bridgehead atoms. The number of rotatable bonds is 6. The van der Waals surface area contributed by atoms with E-state index >= 15 is 0 Å². The summed E-state index contributed by atoms with van der Waals surface area (Å²) in [6, 6.07) is 63.1. The molecule has 0 saturated carbocycles. The zero-order valence-electron chi connectivity index (χ0n) is 37.7. The number of hydrogen-bond donors (Lipinski definition) is 0. The Morgan fingerprint density at radius 3 is 0.797 bits per heavy atom. The van der Waals surface area contributed by atoms with Crippen LogP contribution in [-0.4, -0.2) is 19.9 Å². The van der Waals surface area contributed by atoms with Crippen LogP contribution in [0.25, 0.3) is 88.1 Å². The Labute approximate surface area is 392 Å². The molecule has 0 N–H and O–H groups in total. The maximum Gasteiger partial charge on any atom is 3.00 e. The fraction of sp³-hybridized carbons (Fsp3) is 0.186. The minimum absolute atomic E-state index is 0. The molecule has 0 fully saturated rings. The summed E-state index contributed by atoms with van der Waals surface area (Å²) in [5.74, 6) is 0. The maximum absolute atomic E-state index is 4.55. The molecule has 0 aliphatic carbocycles. The Hall–Kier alpha value is -6.39. The second-order valence-electron chi connectivity index (χ2n) is 18.7. The molecular formula is C59H56IrN4+3. The zero-order chi connectivity index (χ0) is 43.8. The SMILES string of the molecule is CC(C)(C)CCCC(C)(C)C.[Ir+3].c1ccc2c(-c3cc(-c4cccc5ccccc45)ncn3)cccc2c1.c1ccc2c(-c3cc(-c4cccc5ccccc45)ncn3)cccc2c1. The normalized spacial score (nSPS) is 11.3. The molecular weight excluding hydrogens is 957 g/mol. The third kappa shape index (κ3) is 11.2. The van der Waals surface area contributed by atoms with Crippen molar-refractivity contribution in [3.63, 3.8) is 0 Å². The summed E-state index contributed by atoms with van der Waals surface area (Å²) in [6.45, 7) is 13.9. The van der Waals surface area contributed by atoms with Crippen molar-refractivity contribution >= 4 is 43.1 Å². The first-order chi connectivity index (χ1) is 30.5. The van der Waals surface area contributed by atoms with Crippen LogP contribution in [-0.2, 0) is 20.1 Å². The summed E-state index contributed by atoms with van der Waals surface area (Å²) in [6.07, 6.45) is 7.39. The van der Waals surface area contributed by atoms with Crippen molar-refractivity contribution in [1.29, 1.82) is 0 Å². The summed E-state index contributed by atoms with van der Waals surface area (Å²) < 4.78 is 0. The molecule has 0 spiro atoms. The van der Waals surface area contributed by atoms with Crippen LogP contribution in [0.15, 0.2) is 195 Å². The van der Waals surface area contributed by atoms with Gasteiger partial charge in [-0.1, -0.05) is 218 Å². The largest absolute Gasteiger partial charge is 3.00 e. The van der Waals surface area contributed by atoms with Crippen molar-refractivity contribution in [1.82, 2.24) is 19.9 Å². The van der Waals surface area contributed by atoms with Gasteiger partial charge in [0.2, 0.25) is 0 Å². The second-order valence-corrected chi connectivity index (χ2v) is 18.7. The molecule has 0 atom stereocenters. The fourth-order valence-electron chi connectivity index (χ4n) is 8.25. The zero-order valence-corrected chi connectivity index (χ0v) is 40.1. The van der Waals surface area contributed by atoms with Gasteiger partial charge in [-0.15, -0.1) is 0 Å². The molecule has 4 nitrogen and oxygen atoms in total. The van der Waals surface area contributed by atoms with Crippen LogP contribution in [0.1, 0.15) is 60.8 Å². The Balaban J connectivity index is 0.000000155. The predicted octanol–water partition coefficient (Wildman–Crippen LogP) is 16.5. The molecule has 10 aromatic rings. The van der Waals surface area contributed by atoms with Crippen LogP contribution in [0.5, 0.6) is 0 Å². The molecule has 0 aliphatic rings. The summed E-state index contributed by atoms with van der Waals surface area (Å²) in [5.41, 5.74) is 9.34. The van der Waals surface area contributed by atoms with E-state index in [4.69, 9.17) is 0 Å². The van der Waals surface area contributed by atoms with Crippen LogP contribution >= 0.6 is 0 Å². The molecule has 0 unspecified atom stereocenters. The molecule has 5 heteroatoms. The molecule has 0 saturated heterocycles. The van der Waals surface area contributed by atoms with Crippen molar-refractivity contribution in [2.45, 2.75) is 60.8 Å². The number of hydrogen-bond acceptors (Lipinski definition) is 4. The molecule has 2 aromatic heterocycles. The third-order valence-corrected chi connectivity index (χ3v) is 11.5. The fourth-order valence-corrected chi connectivity index (χ4v) is 8.25. The number of aromatic nitrogens is 4. The van der Waals surface area contributed by atoms with Gasteiger partial charge in [-0.05, 0) is 78.9 Å². The van der Waals surface area contributed by atoms with Crippen molar-refractivity contribution in [2.24, 2.45) is 10.8 Å². The van der Waals surface area contributed by atoms with E-state index in [0.717, 1.165) is 45.0 Å².